The van der Waals surface area contributed by atoms with E-state index in [1.807, 2.05) is 6.07 Å². The van der Waals surface area contributed by atoms with Gasteiger partial charge in [0.1, 0.15) is 0 Å². The van der Waals surface area contributed by atoms with Gasteiger partial charge in [-0.05, 0) is 0 Å². The highest BCUT2D eigenvalue weighted by Crippen LogP contribution is 2.06. The lowest BCUT2D eigenvalue weighted by Gasteiger charge is -2.24. The molecule has 72 valence electrons. The number of rotatable bonds is 2. The van der Waals surface area contributed by atoms with E-state index in [0.717, 1.165) is 36.9 Å². The van der Waals surface area contributed by atoms with Crippen LogP contribution in [0.15, 0.2) is 16.8 Å². The molecule has 0 unspecified atom stereocenters. The van der Waals surface area contributed by atoms with Crippen LogP contribution in [0.5, 0.6) is 0 Å². The van der Waals surface area contributed by atoms with Gasteiger partial charge in [-0.1, -0.05) is 5.16 Å². The monoisotopic (exact) mass is 200 g/mol. The van der Waals surface area contributed by atoms with Crippen LogP contribution in [0.3, 0.4) is 0 Å². The van der Waals surface area contributed by atoms with Gasteiger partial charge >= 0.3 is 0 Å². The molecule has 0 saturated carbocycles. The average Bonchev–Trinajstić information content (AvgIpc) is 2.62. The van der Waals surface area contributed by atoms with E-state index in [-0.39, 0.29) is 0 Å². The summed E-state index contributed by atoms with van der Waals surface area (Å²) < 4.78 is 16.1. The van der Waals surface area contributed by atoms with Crippen molar-refractivity contribution in [2.24, 2.45) is 0 Å². The molecule has 13 heavy (non-hydrogen) atoms. The lowest BCUT2D eigenvalue weighted by atomic mass is 10.4. The van der Waals surface area contributed by atoms with Gasteiger partial charge in [-0.25, -0.2) is 0 Å². The van der Waals surface area contributed by atoms with Crippen LogP contribution in [0.25, 0.3) is 0 Å². The first kappa shape index (κ1) is 8.90. The van der Waals surface area contributed by atoms with Crippen LogP contribution in [0, 0.1) is 0 Å². The summed E-state index contributed by atoms with van der Waals surface area (Å²) in [5.74, 6) is 2.45. The summed E-state index contributed by atoms with van der Waals surface area (Å²) in [6.07, 6.45) is 1.65. The largest absolute Gasteiger partial charge is 0.360 e. The van der Waals surface area contributed by atoms with Gasteiger partial charge in [-0.15, -0.1) is 0 Å². The van der Waals surface area contributed by atoms with Crippen LogP contribution in [0.4, 0.5) is 0 Å². The summed E-state index contributed by atoms with van der Waals surface area (Å²) in [5, 5.41) is 3.64. The highest BCUT2D eigenvalue weighted by molar-refractivity contribution is 7.85. The Labute approximate surface area is 79.3 Å². The molecule has 1 aromatic rings. The van der Waals surface area contributed by atoms with E-state index in [1.165, 1.54) is 0 Å². The maximum absolute atomic E-state index is 11.1. The summed E-state index contributed by atoms with van der Waals surface area (Å²) in [4.78, 5) is 2.24. The van der Waals surface area contributed by atoms with Crippen molar-refractivity contribution >= 4 is 10.8 Å². The maximum atomic E-state index is 11.1. The molecular weight excluding hydrogens is 188 g/mol. The van der Waals surface area contributed by atoms with Crippen LogP contribution >= 0.6 is 0 Å². The Kier molecular flexibility index (Phi) is 2.75. The second-order valence-electron chi connectivity index (χ2n) is 3.10. The first-order valence-corrected chi connectivity index (χ1v) is 5.80. The third-order valence-electron chi connectivity index (χ3n) is 2.14. The van der Waals surface area contributed by atoms with Gasteiger partial charge in [0.05, 0.1) is 12.7 Å². The van der Waals surface area contributed by atoms with E-state index in [9.17, 15) is 4.21 Å². The van der Waals surface area contributed by atoms with Crippen molar-refractivity contribution in [3.8, 4) is 0 Å². The molecule has 1 aromatic heterocycles. The Morgan fingerprint density at radius 1 is 1.54 bits per heavy atom. The van der Waals surface area contributed by atoms with Crippen molar-refractivity contribution in [2.45, 2.75) is 6.54 Å². The fraction of sp³-hybridized carbons (Fsp3) is 0.625. The standard InChI is InChI=1S/C8H12N2O2S/c11-13-5-3-10(4-6-13)7-8-1-2-9-12-8/h1-2H,3-7H2. The molecule has 0 N–H and O–H groups in total. The van der Waals surface area contributed by atoms with Crippen molar-refractivity contribution in [2.75, 3.05) is 24.6 Å². The van der Waals surface area contributed by atoms with Crippen LogP contribution in [-0.4, -0.2) is 38.9 Å². The molecular formula is C8H12N2O2S. The molecule has 1 fully saturated rings. The third-order valence-corrected chi connectivity index (χ3v) is 3.42. The lowest BCUT2D eigenvalue weighted by Crippen LogP contribution is -2.37. The second kappa shape index (κ2) is 4.02. The van der Waals surface area contributed by atoms with E-state index in [4.69, 9.17) is 4.52 Å². The van der Waals surface area contributed by atoms with Crippen molar-refractivity contribution in [1.29, 1.82) is 0 Å². The number of hydrogen-bond acceptors (Lipinski definition) is 4. The Hall–Kier alpha value is -0.680. The van der Waals surface area contributed by atoms with Crippen LogP contribution in [0.1, 0.15) is 5.76 Å². The van der Waals surface area contributed by atoms with Crippen molar-refractivity contribution in [3.63, 3.8) is 0 Å². The van der Waals surface area contributed by atoms with Gasteiger partial charge < -0.3 is 4.52 Å². The Bertz CT molecular complexity index is 276. The summed E-state index contributed by atoms with van der Waals surface area (Å²) >= 11 is 0. The maximum Gasteiger partial charge on any atom is 0.150 e. The van der Waals surface area contributed by atoms with Crippen molar-refractivity contribution in [1.82, 2.24) is 10.1 Å². The van der Waals surface area contributed by atoms with E-state index < -0.39 is 10.8 Å². The zero-order valence-corrected chi connectivity index (χ0v) is 8.13. The van der Waals surface area contributed by atoms with E-state index in [2.05, 4.69) is 10.1 Å². The molecule has 1 aliphatic heterocycles. The minimum Gasteiger partial charge on any atom is -0.360 e. The fourth-order valence-corrected chi connectivity index (χ4v) is 2.51. The fourth-order valence-electron chi connectivity index (χ4n) is 1.38. The topological polar surface area (TPSA) is 46.3 Å². The van der Waals surface area contributed by atoms with E-state index in [0.29, 0.717) is 0 Å². The SMILES string of the molecule is O=S1CCN(Cc2ccno2)CC1. The number of nitrogens with zero attached hydrogens (tertiary/aromatic N) is 2. The Morgan fingerprint density at radius 2 is 2.31 bits per heavy atom. The average molecular weight is 200 g/mol. The van der Waals surface area contributed by atoms with Gasteiger partial charge in [0.25, 0.3) is 0 Å². The second-order valence-corrected chi connectivity index (χ2v) is 4.80. The molecule has 0 spiro atoms. The van der Waals surface area contributed by atoms with Crippen molar-refractivity contribution < 1.29 is 8.73 Å². The molecule has 0 bridgehead atoms. The smallest absolute Gasteiger partial charge is 0.150 e. The van der Waals surface area contributed by atoms with Gasteiger partial charge in [0.2, 0.25) is 0 Å². The van der Waals surface area contributed by atoms with Gasteiger partial charge in [-0.2, -0.15) is 0 Å². The Morgan fingerprint density at radius 3 is 2.92 bits per heavy atom. The Balaban J connectivity index is 1.86. The summed E-state index contributed by atoms with van der Waals surface area (Å²) in [7, 11) is -0.597. The normalized spacial score (nSPS) is 20.6. The summed E-state index contributed by atoms with van der Waals surface area (Å²) in [6, 6.07) is 1.87. The molecule has 0 aromatic carbocycles. The molecule has 2 heterocycles. The zero-order chi connectivity index (χ0) is 9.10. The molecule has 5 heteroatoms. The highest BCUT2D eigenvalue weighted by Gasteiger charge is 2.15. The molecule has 2 rings (SSSR count). The first-order valence-electron chi connectivity index (χ1n) is 4.31. The minimum atomic E-state index is -0.597. The van der Waals surface area contributed by atoms with Gasteiger partial charge in [0.15, 0.2) is 5.76 Å². The number of hydrogen-bond donors (Lipinski definition) is 0. The predicted molar refractivity (Wildman–Crippen MR) is 49.7 cm³/mol. The molecule has 0 aliphatic carbocycles. The van der Waals surface area contributed by atoms with Crippen LogP contribution in [0.2, 0.25) is 0 Å². The minimum absolute atomic E-state index is 0.597. The molecule has 0 atom stereocenters. The van der Waals surface area contributed by atoms with Crippen molar-refractivity contribution in [3.05, 3.63) is 18.0 Å². The van der Waals surface area contributed by atoms with E-state index in [1.54, 1.807) is 6.20 Å². The van der Waals surface area contributed by atoms with Crippen LogP contribution < -0.4 is 0 Å². The molecule has 4 nitrogen and oxygen atoms in total. The van der Waals surface area contributed by atoms with Gasteiger partial charge in [0, 0.05) is 41.5 Å². The molecule has 1 aliphatic rings. The summed E-state index contributed by atoms with van der Waals surface area (Å²) in [5.41, 5.74) is 0. The van der Waals surface area contributed by atoms with E-state index >= 15 is 0 Å². The molecule has 0 radical (unpaired) electrons. The van der Waals surface area contributed by atoms with Gasteiger partial charge in [-0.3, -0.25) is 9.11 Å². The third kappa shape index (κ3) is 2.38. The molecule has 1 saturated heterocycles. The lowest BCUT2D eigenvalue weighted by molar-refractivity contribution is 0.249. The quantitative estimate of drug-likeness (QED) is 0.686. The zero-order valence-electron chi connectivity index (χ0n) is 7.31. The summed E-state index contributed by atoms with van der Waals surface area (Å²) in [6.45, 7) is 2.58. The highest BCUT2D eigenvalue weighted by atomic mass is 32.2. The van der Waals surface area contributed by atoms with Crippen LogP contribution in [-0.2, 0) is 17.3 Å². The number of aromatic nitrogens is 1. The predicted octanol–water partition coefficient (Wildman–Crippen LogP) is 0.239. The molecule has 0 amide bonds. The first-order chi connectivity index (χ1) is 6.34.